The Morgan fingerprint density at radius 2 is 1.50 bits per heavy atom. The Labute approximate surface area is 167 Å². The highest BCUT2D eigenvalue weighted by Crippen LogP contribution is 2.16. The zero-order chi connectivity index (χ0) is 19.9. The van der Waals surface area contributed by atoms with Gasteiger partial charge in [-0.05, 0) is 44.4 Å². The van der Waals surface area contributed by atoms with E-state index in [0.29, 0.717) is 5.56 Å². The standard InChI is InChI=1S/C23H29N3O2/c1-17(19-9-5-3-6-10-19)24-22(27)18(2)26-15-13-21(14-16-26)25-23(28)20-11-7-4-8-12-20/h3-12,17-18,21H,13-16H2,1-2H3,(H,24,27)(H,25,28)/t17-,18+/m1/s1. The predicted octanol–water partition coefficient (Wildman–Crippen LogP) is 3.15. The highest BCUT2D eigenvalue weighted by Gasteiger charge is 2.28. The number of hydrogen-bond donors (Lipinski definition) is 2. The molecule has 28 heavy (non-hydrogen) atoms. The molecule has 0 saturated carbocycles. The average molecular weight is 380 g/mol. The van der Waals surface area contributed by atoms with Crippen LogP contribution in [0.4, 0.5) is 0 Å². The van der Waals surface area contributed by atoms with Gasteiger partial charge in [0, 0.05) is 24.7 Å². The van der Waals surface area contributed by atoms with Crippen molar-refractivity contribution < 1.29 is 9.59 Å². The number of carbonyl (C=O) groups excluding carboxylic acids is 2. The molecule has 2 amide bonds. The largest absolute Gasteiger partial charge is 0.349 e. The van der Waals surface area contributed by atoms with Gasteiger partial charge in [0.15, 0.2) is 0 Å². The fourth-order valence-corrected chi connectivity index (χ4v) is 3.61. The second-order valence-corrected chi connectivity index (χ2v) is 7.47. The predicted molar refractivity (Wildman–Crippen MR) is 111 cm³/mol. The van der Waals surface area contributed by atoms with Gasteiger partial charge in [-0.25, -0.2) is 0 Å². The topological polar surface area (TPSA) is 61.4 Å². The van der Waals surface area contributed by atoms with Crippen molar-refractivity contribution in [1.29, 1.82) is 0 Å². The number of likely N-dealkylation sites (tertiary alicyclic amines) is 1. The second kappa shape index (κ2) is 9.51. The van der Waals surface area contributed by atoms with Crippen molar-refractivity contribution in [2.75, 3.05) is 13.1 Å². The van der Waals surface area contributed by atoms with Crippen molar-refractivity contribution >= 4 is 11.8 Å². The molecule has 148 valence electrons. The lowest BCUT2D eigenvalue weighted by molar-refractivity contribution is -0.127. The van der Waals surface area contributed by atoms with E-state index in [1.807, 2.05) is 74.5 Å². The van der Waals surface area contributed by atoms with Crippen LogP contribution in [0.2, 0.25) is 0 Å². The van der Waals surface area contributed by atoms with E-state index in [4.69, 9.17) is 0 Å². The van der Waals surface area contributed by atoms with Crippen LogP contribution in [0.25, 0.3) is 0 Å². The quantitative estimate of drug-likeness (QED) is 0.811. The molecule has 2 atom stereocenters. The van der Waals surface area contributed by atoms with E-state index in [1.54, 1.807) is 0 Å². The Morgan fingerprint density at radius 1 is 0.929 bits per heavy atom. The maximum Gasteiger partial charge on any atom is 0.251 e. The Kier molecular flexibility index (Phi) is 6.82. The summed E-state index contributed by atoms with van der Waals surface area (Å²) < 4.78 is 0. The Bertz CT molecular complexity index is 771. The SMILES string of the molecule is C[C@@H](NC(=O)[C@H](C)N1CCC(NC(=O)c2ccccc2)CC1)c1ccccc1. The fraction of sp³-hybridized carbons (Fsp3) is 0.391. The smallest absolute Gasteiger partial charge is 0.251 e. The Morgan fingerprint density at radius 3 is 2.11 bits per heavy atom. The van der Waals surface area contributed by atoms with Crippen LogP contribution >= 0.6 is 0 Å². The summed E-state index contributed by atoms with van der Waals surface area (Å²) >= 11 is 0. The molecule has 2 aromatic rings. The van der Waals surface area contributed by atoms with Crippen molar-refractivity contribution in [2.24, 2.45) is 0 Å². The summed E-state index contributed by atoms with van der Waals surface area (Å²) in [6.45, 7) is 5.56. The summed E-state index contributed by atoms with van der Waals surface area (Å²) in [6.07, 6.45) is 1.70. The summed E-state index contributed by atoms with van der Waals surface area (Å²) in [4.78, 5) is 27.1. The number of rotatable bonds is 6. The van der Waals surface area contributed by atoms with Gasteiger partial charge in [-0.3, -0.25) is 14.5 Å². The summed E-state index contributed by atoms with van der Waals surface area (Å²) in [5.74, 6) is 0.0182. The molecular formula is C23H29N3O2. The summed E-state index contributed by atoms with van der Waals surface area (Å²) in [7, 11) is 0. The lowest BCUT2D eigenvalue weighted by Gasteiger charge is -2.36. The van der Waals surface area contributed by atoms with E-state index >= 15 is 0 Å². The highest BCUT2D eigenvalue weighted by atomic mass is 16.2. The molecule has 5 nitrogen and oxygen atoms in total. The average Bonchev–Trinajstić information content (AvgIpc) is 2.75. The van der Waals surface area contributed by atoms with E-state index in [2.05, 4.69) is 15.5 Å². The van der Waals surface area contributed by atoms with E-state index in [0.717, 1.165) is 31.5 Å². The third-order valence-corrected chi connectivity index (χ3v) is 5.49. The van der Waals surface area contributed by atoms with E-state index < -0.39 is 0 Å². The molecular weight excluding hydrogens is 350 g/mol. The molecule has 0 aromatic heterocycles. The van der Waals surface area contributed by atoms with Gasteiger partial charge in [0.2, 0.25) is 5.91 Å². The number of carbonyl (C=O) groups is 2. The van der Waals surface area contributed by atoms with Crippen molar-refractivity contribution in [3.63, 3.8) is 0 Å². The van der Waals surface area contributed by atoms with Gasteiger partial charge in [-0.2, -0.15) is 0 Å². The molecule has 1 aliphatic rings. The van der Waals surface area contributed by atoms with Gasteiger partial charge in [-0.1, -0.05) is 48.5 Å². The minimum Gasteiger partial charge on any atom is -0.349 e. The fourth-order valence-electron chi connectivity index (χ4n) is 3.61. The van der Waals surface area contributed by atoms with Crippen molar-refractivity contribution in [3.8, 4) is 0 Å². The first-order valence-corrected chi connectivity index (χ1v) is 10.00. The molecule has 0 radical (unpaired) electrons. The summed E-state index contributed by atoms with van der Waals surface area (Å²) in [6, 6.07) is 19.2. The molecule has 2 aromatic carbocycles. The molecule has 0 aliphatic carbocycles. The Hall–Kier alpha value is -2.66. The number of nitrogens with zero attached hydrogens (tertiary/aromatic N) is 1. The first kappa shape index (κ1) is 20.1. The molecule has 0 bridgehead atoms. The number of piperidine rings is 1. The van der Waals surface area contributed by atoms with Gasteiger partial charge >= 0.3 is 0 Å². The lowest BCUT2D eigenvalue weighted by atomic mass is 10.0. The normalized spacial score (nSPS) is 17.5. The van der Waals surface area contributed by atoms with Gasteiger partial charge in [-0.15, -0.1) is 0 Å². The van der Waals surface area contributed by atoms with Crippen molar-refractivity contribution in [2.45, 2.75) is 44.8 Å². The minimum absolute atomic E-state index is 0.0150. The third-order valence-electron chi connectivity index (χ3n) is 5.49. The van der Waals surface area contributed by atoms with E-state index in [1.165, 1.54) is 0 Å². The van der Waals surface area contributed by atoms with Crippen LogP contribution in [0.5, 0.6) is 0 Å². The van der Waals surface area contributed by atoms with Gasteiger partial charge in [0.1, 0.15) is 0 Å². The second-order valence-electron chi connectivity index (χ2n) is 7.47. The summed E-state index contributed by atoms with van der Waals surface area (Å²) in [5, 5.41) is 6.22. The van der Waals surface area contributed by atoms with Crippen LogP contribution in [-0.4, -0.2) is 41.9 Å². The highest BCUT2D eigenvalue weighted by molar-refractivity contribution is 5.94. The van der Waals surface area contributed by atoms with Crippen LogP contribution in [0.15, 0.2) is 60.7 Å². The molecule has 5 heteroatoms. The first-order valence-electron chi connectivity index (χ1n) is 10.00. The van der Waals surface area contributed by atoms with Crippen molar-refractivity contribution in [1.82, 2.24) is 15.5 Å². The molecule has 0 spiro atoms. The molecule has 3 rings (SSSR count). The number of nitrogens with one attached hydrogen (secondary N) is 2. The molecule has 1 saturated heterocycles. The summed E-state index contributed by atoms with van der Waals surface area (Å²) in [5.41, 5.74) is 1.79. The Balaban J connectivity index is 1.46. The van der Waals surface area contributed by atoms with Crippen LogP contribution < -0.4 is 10.6 Å². The third kappa shape index (κ3) is 5.20. The molecule has 2 N–H and O–H groups in total. The van der Waals surface area contributed by atoms with Crippen LogP contribution in [-0.2, 0) is 4.79 Å². The van der Waals surface area contributed by atoms with Crippen LogP contribution in [0, 0.1) is 0 Å². The molecule has 1 heterocycles. The van der Waals surface area contributed by atoms with Gasteiger partial charge < -0.3 is 10.6 Å². The monoisotopic (exact) mass is 379 g/mol. The number of benzene rings is 2. The number of amides is 2. The maximum absolute atomic E-state index is 12.6. The lowest BCUT2D eigenvalue weighted by Crippen LogP contribution is -2.51. The molecule has 0 unspecified atom stereocenters. The molecule has 1 aliphatic heterocycles. The van der Waals surface area contributed by atoms with E-state index in [-0.39, 0.29) is 29.9 Å². The number of hydrogen-bond acceptors (Lipinski definition) is 3. The first-order chi connectivity index (χ1) is 13.5. The van der Waals surface area contributed by atoms with Gasteiger partial charge in [0.05, 0.1) is 12.1 Å². The van der Waals surface area contributed by atoms with Crippen LogP contribution in [0.1, 0.15) is 48.7 Å². The zero-order valence-electron chi connectivity index (χ0n) is 16.6. The van der Waals surface area contributed by atoms with Gasteiger partial charge in [0.25, 0.3) is 5.91 Å². The zero-order valence-corrected chi connectivity index (χ0v) is 16.6. The minimum atomic E-state index is -0.183. The van der Waals surface area contributed by atoms with Crippen molar-refractivity contribution in [3.05, 3.63) is 71.8 Å². The van der Waals surface area contributed by atoms with E-state index in [9.17, 15) is 9.59 Å². The van der Waals surface area contributed by atoms with Crippen LogP contribution in [0.3, 0.4) is 0 Å². The maximum atomic E-state index is 12.6. The molecule has 1 fully saturated rings.